The molecule has 2 aromatic rings. The molecule has 3 heteroatoms. The molecule has 0 nitrogen and oxygen atoms in total. The molecule has 0 aliphatic carbocycles. The van der Waals surface area contributed by atoms with Crippen molar-refractivity contribution in [3.8, 4) is 0 Å². The summed E-state index contributed by atoms with van der Waals surface area (Å²) in [5.41, 5.74) is 5.38. The van der Waals surface area contributed by atoms with E-state index in [1.807, 2.05) is 24.3 Å². The third-order valence-corrected chi connectivity index (χ3v) is 3.28. The van der Waals surface area contributed by atoms with E-state index in [0.29, 0.717) is 0 Å². The fourth-order valence-electron chi connectivity index (χ4n) is 2.27. The first-order chi connectivity index (χ1) is 10.7. The Morgan fingerprint density at radius 1 is 0.680 bits per heavy atom. The molecule has 132 valence electrons. The zero-order chi connectivity index (χ0) is 16.2. The molecule has 25 heavy (non-hydrogen) atoms. The minimum Gasteiger partial charge on any atom is -1.00 e. The van der Waals surface area contributed by atoms with Crippen molar-refractivity contribution in [2.45, 2.75) is 25.7 Å². The van der Waals surface area contributed by atoms with Crippen molar-refractivity contribution in [1.29, 1.82) is 0 Å². The van der Waals surface area contributed by atoms with Gasteiger partial charge in [-0.25, -0.2) is 12.1 Å². The van der Waals surface area contributed by atoms with Crippen molar-refractivity contribution in [1.82, 2.24) is 0 Å². The molecule has 0 aliphatic rings. The van der Waals surface area contributed by atoms with Crippen LogP contribution in [0.4, 0.5) is 0 Å². The Morgan fingerprint density at radius 3 is 1.32 bits per heavy atom. The van der Waals surface area contributed by atoms with Crippen molar-refractivity contribution in [2.75, 3.05) is 0 Å². The van der Waals surface area contributed by atoms with Gasteiger partial charge in [0, 0.05) is 0 Å². The molecule has 0 atom stereocenters. The summed E-state index contributed by atoms with van der Waals surface area (Å²) in [5, 5.41) is 0. The minimum atomic E-state index is 0. The second-order valence-electron chi connectivity index (χ2n) is 5.23. The average molecular weight is 453 g/mol. The van der Waals surface area contributed by atoms with Crippen LogP contribution in [0.2, 0.25) is 0 Å². The van der Waals surface area contributed by atoms with Gasteiger partial charge in [-0.1, -0.05) is 50.0 Å². The largest absolute Gasteiger partial charge is 4.00 e. The van der Waals surface area contributed by atoms with Crippen LogP contribution < -0.4 is 24.8 Å². The summed E-state index contributed by atoms with van der Waals surface area (Å²) >= 11 is 0. The van der Waals surface area contributed by atoms with E-state index < -0.39 is 0 Å². The summed E-state index contributed by atoms with van der Waals surface area (Å²) in [6.45, 7) is 14.8. The van der Waals surface area contributed by atoms with E-state index in [2.05, 4.69) is 62.7 Å². The number of hydrogen-bond acceptors (Lipinski definition) is 0. The van der Waals surface area contributed by atoms with Gasteiger partial charge in [0.15, 0.2) is 0 Å². The summed E-state index contributed by atoms with van der Waals surface area (Å²) < 4.78 is 0. The molecule has 0 N–H and O–H groups in total. The Morgan fingerprint density at radius 2 is 1.04 bits per heavy atom. The topological polar surface area (TPSA) is 0 Å². The number of rotatable bonds is 8. The van der Waals surface area contributed by atoms with Crippen LogP contribution in [0.25, 0.3) is 0 Å². The molecule has 0 radical (unpaired) electrons. The van der Waals surface area contributed by atoms with Crippen LogP contribution in [0.15, 0.2) is 87.0 Å². The van der Waals surface area contributed by atoms with Gasteiger partial charge in [-0.2, -0.15) is 46.5 Å². The van der Waals surface area contributed by atoms with Crippen molar-refractivity contribution in [3.05, 3.63) is 109 Å². The molecule has 2 aromatic carbocycles. The molecular weight excluding hydrogens is 426 g/mol. The van der Waals surface area contributed by atoms with Crippen molar-refractivity contribution < 1.29 is 51.0 Å². The average Bonchev–Trinajstić information content (AvgIpc) is 3.12. The Bertz CT molecular complexity index is 502. The van der Waals surface area contributed by atoms with Crippen LogP contribution >= 0.6 is 0 Å². The quantitative estimate of drug-likeness (QED) is 0.382. The summed E-state index contributed by atoms with van der Waals surface area (Å²) in [7, 11) is 0. The van der Waals surface area contributed by atoms with Gasteiger partial charge in [0.05, 0.1) is 0 Å². The van der Waals surface area contributed by atoms with E-state index in [0.717, 1.165) is 25.7 Å². The van der Waals surface area contributed by atoms with Crippen LogP contribution in [0, 0.1) is 0 Å². The SMILES string of the molecule is C=CCc1cc[c-](CC=C)c1.C=CCc1cc[c-](CC=C)c1.[Cl-].[Cl-].[Zr+4]. The molecule has 2 rings (SSSR count). The first-order valence-corrected chi connectivity index (χ1v) is 7.66. The Hall–Kier alpha value is -0.877. The van der Waals surface area contributed by atoms with Crippen LogP contribution in [0.1, 0.15) is 22.3 Å². The van der Waals surface area contributed by atoms with E-state index in [1.165, 1.54) is 22.3 Å². The second kappa shape index (κ2) is 17.9. The second-order valence-corrected chi connectivity index (χ2v) is 5.23. The molecule has 0 saturated carbocycles. The minimum absolute atomic E-state index is 0. The van der Waals surface area contributed by atoms with Crippen LogP contribution in [-0.4, -0.2) is 0 Å². The maximum Gasteiger partial charge on any atom is 4.00 e. The predicted molar refractivity (Wildman–Crippen MR) is 99.7 cm³/mol. The zero-order valence-corrected chi connectivity index (χ0v) is 18.7. The van der Waals surface area contributed by atoms with Gasteiger partial charge in [-0.15, -0.1) is 26.3 Å². The van der Waals surface area contributed by atoms with Crippen molar-refractivity contribution in [3.63, 3.8) is 0 Å². The third-order valence-electron chi connectivity index (χ3n) is 3.28. The fourth-order valence-corrected chi connectivity index (χ4v) is 2.27. The van der Waals surface area contributed by atoms with E-state index in [-0.39, 0.29) is 51.0 Å². The van der Waals surface area contributed by atoms with Gasteiger partial charge >= 0.3 is 26.2 Å². The summed E-state index contributed by atoms with van der Waals surface area (Å²) in [5.74, 6) is 0. The van der Waals surface area contributed by atoms with Gasteiger partial charge in [-0.3, -0.25) is 0 Å². The van der Waals surface area contributed by atoms with Gasteiger partial charge in [0.2, 0.25) is 0 Å². The first-order valence-electron chi connectivity index (χ1n) is 7.66. The molecule has 0 saturated heterocycles. The summed E-state index contributed by atoms with van der Waals surface area (Å²) in [6.07, 6.45) is 11.6. The van der Waals surface area contributed by atoms with E-state index >= 15 is 0 Å². The molecule has 0 heterocycles. The van der Waals surface area contributed by atoms with Crippen LogP contribution in [0.5, 0.6) is 0 Å². The monoisotopic (exact) mass is 450 g/mol. The van der Waals surface area contributed by atoms with Gasteiger partial charge in [0.1, 0.15) is 0 Å². The maximum absolute atomic E-state index is 3.69. The van der Waals surface area contributed by atoms with Crippen molar-refractivity contribution >= 4 is 0 Å². The molecule has 0 spiro atoms. The molecular formula is C22H26Cl2Zr. The first kappa shape index (κ1) is 28.9. The molecule has 0 unspecified atom stereocenters. The Labute approximate surface area is 185 Å². The van der Waals surface area contributed by atoms with E-state index in [4.69, 9.17) is 0 Å². The normalized spacial score (nSPS) is 8.32. The van der Waals surface area contributed by atoms with Crippen LogP contribution in [0.3, 0.4) is 0 Å². The van der Waals surface area contributed by atoms with Gasteiger partial charge < -0.3 is 24.8 Å². The van der Waals surface area contributed by atoms with Crippen LogP contribution in [-0.2, 0) is 51.9 Å². The molecule has 0 fully saturated rings. The summed E-state index contributed by atoms with van der Waals surface area (Å²) in [4.78, 5) is 0. The third kappa shape index (κ3) is 12.2. The molecule has 0 aromatic heterocycles. The van der Waals surface area contributed by atoms with E-state index in [9.17, 15) is 0 Å². The zero-order valence-electron chi connectivity index (χ0n) is 14.7. The number of halogens is 2. The number of hydrogen-bond donors (Lipinski definition) is 0. The van der Waals surface area contributed by atoms with E-state index in [1.54, 1.807) is 0 Å². The molecule has 0 amide bonds. The fraction of sp³-hybridized carbons (Fsp3) is 0.182. The number of allylic oxidation sites excluding steroid dienone is 4. The maximum atomic E-state index is 3.69. The standard InChI is InChI=1S/2C11H13.2ClH.Zr/c2*1-3-5-10-7-8-11(9-10)6-4-2;;;/h2*3-4,7-9H,1-2,5-6H2;2*1H;/q2*-1;;;+4/p-2. The summed E-state index contributed by atoms with van der Waals surface area (Å²) in [6, 6.07) is 13.0. The van der Waals surface area contributed by atoms with Gasteiger partial charge in [0.25, 0.3) is 0 Å². The molecule has 0 aliphatic heterocycles. The van der Waals surface area contributed by atoms with Crippen molar-refractivity contribution in [2.24, 2.45) is 0 Å². The molecule has 0 bridgehead atoms. The Balaban J connectivity index is -0.000000346. The predicted octanol–water partition coefficient (Wildman–Crippen LogP) is -0.269. The Kier molecular flexibility index (Phi) is 20.7. The smallest absolute Gasteiger partial charge is 1.00 e. The van der Waals surface area contributed by atoms with Gasteiger partial charge in [-0.05, 0) is 0 Å².